The number of pyridine rings is 1. The van der Waals surface area contributed by atoms with E-state index in [4.69, 9.17) is 5.73 Å². The molecule has 0 aliphatic carbocycles. The maximum Gasteiger partial charge on any atom is 0.222 e. The van der Waals surface area contributed by atoms with Crippen molar-refractivity contribution < 1.29 is 4.79 Å². The van der Waals surface area contributed by atoms with E-state index in [0.717, 1.165) is 49.7 Å². The zero-order chi connectivity index (χ0) is 13.8. The minimum atomic E-state index is 0.257. The van der Waals surface area contributed by atoms with Crippen molar-refractivity contribution in [3.63, 3.8) is 0 Å². The Morgan fingerprint density at radius 1 is 1.37 bits per heavy atom. The van der Waals surface area contributed by atoms with Crippen molar-refractivity contribution in [2.75, 3.05) is 36.8 Å². The van der Waals surface area contributed by atoms with E-state index in [0.29, 0.717) is 6.42 Å². The van der Waals surface area contributed by atoms with E-state index in [1.807, 2.05) is 24.8 Å². The molecule has 1 aromatic heterocycles. The lowest BCUT2D eigenvalue weighted by atomic mass is 10.2. The molecule has 2 N–H and O–H groups in total. The summed E-state index contributed by atoms with van der Waals surface area (Å²) >= 11 is 0. The summed E-state index contributed by atoms with van der Waals surface area (Å²) < 4.78 is 0. The molecule has 1 aliphatic rings. The Labute approximate surface area is 114 Å². The number of nitrogens with two attached hydrogens (primary N) is 1. The van der Waals surface area contributed by atoms with E-state index in [1.54, 1.807) is 6.20 Å². The molecule has 1 aliphatic heterocycles. The average Bonchev–Trinajstić information content (AvgIpc) is 2.42. The van der Waals surface area contributed by atoms with Gasteiger partial charge < -0.3 is 15.5 Å². The van der Waals surface area contributed by atoms with Crippen molar-refractivity contribution in [2.24, 2.45) is 0 Å². The second-order valence-electron chi connectivity index (χ2n) is 4.98. The van der Waals surface area contributed by atoms with Gasteiger partial charge >= 0.3 is 0 Å². The smallest absolute Gasteiger partial charge is 0.222 e. The fraction of sp³-hybridized carbons (Fsp3) is 0.571. The summed E-state index contributed by atoms with van der Waals surface area (Å²) in [5, 5.41) is 0. The van der Waals surface area contributed by atoms with Gasteiger partial charge in [0.25, 0.3) is 0 Å². The number of aryl methyl sites for hydroxylation is 1. The summed E-state index contributed by atoms with van der Waals surface area (Å²) in [5.74, 6) is 1.11. The van der Waals surface area contributed by atoms with Gasteiger partial charge in [-0.05, 0) is 25.0 Å². The summed E-state index contributed by atoms with van der Waals surface area (Å²) in [6.45, 7) is 7.14. The van der Waals surface area contributed by atoms with Crippen LogP contribution in [0.5, 0.6) is 0 Å². The molecule has 0 aromatic carbocycles. The molecule has 0 unspecified atom stereocenters. The van der Waals surface area contributed by atoms with Crippen molar-refractivity contribution in [1.82, 2.24) is 9.88 Å². The quantitative estimate of drug-likeness (QED) is 0.895. The van der Waals surface area contributed by atoms with Gasteiger partial charge in [-0.1, -0.05) is 6.92 Å². The highest BCUT2D eigenvalue weighted by Gasteiger charge is 2.22. The van der Waals surface area contributed by atoms with E-state index in [9.17, 15) is 4.79 Å². The molecular formula is C14H22N4O. The van der Waals surface area contributed by atoms with Crippen LogP contribution in [0.4, 0.5) is 11.5 Å². The predicted molar refractivity (Wildman–Crippen MR) is 77.1 cm³/mol. The summed E-state index contributed by atoms with van der Waals surface area (Å²) in [6, 6.07) is 1.92. The van der Waals surface area contributed by atoms with E-state index in [-0.39, 0.29) is 5.91 Å². The van der Waals surface area contributed by atoms with Gasteiger partial charge in [-0.25, -0.2) is 4.98 Å². The molecule has 1 saturated heterocycles. The number of rotatable bonds is 3. The highest BCUT2D eigenvalue weighted by molar-refractivity contribution is 5.76. The third kappa shape index (κ3) is 2.97. The topological polar surface area (TPSA) is 62.5 Å². The highest BCUT2D eigenvalue weighted by atomic mass is 16.2. The van der Waals surface area contributed by atoms with Crippen molar-refractivity contribution in [1.29, 1.82) is 0 Å². The summed E-state index contributed by atoms with van der Waals surface area (Å²) in [5.41, 5.74) is 7.87. The first-order valence-electron chi connectivity index (χ1n) is 6.87. The first-order valence-corrected chi connectivity index (χ1v) is 6.87. The fourth-order valence-electron chi connectivity index (χ4n) is 2.35. The molecule has 104 valence electrons. The van der Waals surface area contributed by atoms with Crippen LogP contribution in [0.1, 0.15) is 25.3 Å². The van der Waals surface area contributed by atoms with Crippen LogP contribution in [0.2, 0.25) is 0 Å². The van der Waals surface area contributed by atoms with E-state index >= 15 is 0 Å². The van der Waals surface area contributed by atoms with Crippen molar-refractivity contribution in [3.05, 3.63) is 17.8 Å². The molecular weight excluding hydrogens is 240 g/mol. The SMILES string of the molecule is CCCC(=O)N1CCN(c2nccc(C)c2N)CC1. The second kappa shape index (κ2) is 5.91. The van der Waals surface area contributed by atoms with Gasteiger partial charge in [0.05, 0.1) is 5.69 Å². The molecule has 0 spiro atoms. The number of carbonyl (C=O) groups is 1. The van der Waals surface area contributed by atoms with E-state index in [2.05, 4.69) is 9.88 Å². The third-order valence-corrected chi connectivity index (χ3v) is 3.58. The first kappa shape index (κ1) is 13.6. The van der Waals surface area contributed by atoms with Gasteiger partial charge in [0.15, 0.2) is 5.82 Å². The number of carbonyl (C=O) groups excluding carboxylic acids is 1. The number of nitrogen functional groups attached to an aromatic ring is 1. The molecule has 0 saturated carbocycles. The minimum absolute atomic E-state index is 0.257. The standard InChI is InChI=1S/C14H22N4O/c1-3-4-12(19)17-7-9-18(10-8-17)14-13(15)11(2)5-6-16-14/h5-6H,3-4,7-10,15H2,1-2H3. The Morgan fingerprint density at radius 2 is 2.05 bits per heavy atom. The van der Waals surface area contributed by atoms with Crippen LogP contribution < -0.4 is 10.6 Å². The van der Waals surface area contributed by atoms with Crippen molar-refractivity contribution >= 4 is 17.4 Å². The van der Waals surface area contributed by atoms with Crippen LogP contribution in [-0.2, 0) is 4.79 Å². The maximum atomic E-state index is 11.8. The van der Waals surface area contributed by atoms with E-state index < -0.39 is 0 Å². The van der Waals surface area contributed by atoms with E-state index in [1.165, 1.54) is 0 Å². The van der Waals surface area contributed by atoms with Gasteiger partial charge in [0.1, 0.15) is 0 Å². The van der Waals surface area contributed by atoms with Crippen LogP contribution in [0.25, 0.3) is 0 Å². The lowest BCUT2D eigenvalue weighted by Gasteiger charge is -2.36. The molecule has 5 heteroatoms. The molecule has 2 heterocycles. The van der Waals surface area contributed by atoms with Crippen LogP contribution >= 0.6 is 0 Å². The summed E-state index contributed by atoms with van der Waals surface area (Å²) in [7, 11) is 0. The number of aromatic nitrogens is 1. The molecule has 1 amide bonds. The molecule has 5 nitrogen and oxygen atoms in total. The van der Waals surface area contributed by atoms with Crippen LogP contribution in [0, 0.1) is 6.92 Å². The van der Waals surface area contributed by atoms with Crippen molar-refractivity contribution in [2.45, 2.75) is 26.7 Å². The highest BCUT2D eigenvalue weighted by Crippen LogP contribution is 2.24. The molecule has 0 radical (unpaired) electrons. The van der Waals surface area contributed by atoms with Gasteiger partial charge in [-0.3, -0.25) is 4.79 Å². The number of amides is 1. The number of nitrogens with zero attached hydrogens (tertiary/aromatic N) is 3. The summed E-state index contributed by atoms with van der Waals surface area (Å²) in [4.78, 5) is 20.3. The number of hydrogen-bond acceptors (Lipinski definition) is 4. The van der Waals surface area contributed by atoms with Gasteiger partial charge in [0.2, 0.25) is 5.91 Å². The zero-order valence-electron chi connectivity index (χ0n) is 11.7. The number of hydrogen-bond donors (Lipinski definition) is 1. The van der Waals surface area contributed by atoms with Crippen LogP contribution in [-0.4, -0.2) is 42.0 Å². The van der Waals surface area contributed by atoms with Crippen molar-refractivity contribution in [3.8, 4) is 0 Å². The minimum Gasteiger partial charge on any atom is -0.396 e. The van der Waals surface area contributed by atoms with Gasteiger partial charge in [-0.2, -0.15) is 0 Å². The molecule has 0 atom stereocenters. The van der Waals surface area contributed by atoms with Crippen LogP contribution in [0.15, 0.2) is 12.3 Å². The summed E-state index contributed by atoms with van der Waals surface area (Å²) in [6.07, 6.45) is 3.34. The monoisotopic (exact) mass is 262 g/mol. The van der Waals surface area contributed by atoms with Crippen LogP contribution in [0.3, 0.4) is 0 Å². The lowest BCUT2D eigenvalue weighted by Crippen LogP contribution is -2.49. The maximum absolute atomic E-state index is 11.8. The Kier molecular flexibility index (Phi) is 4.24. The Hall–Kier alpha value is -1.78. The van der Waals surface area contributed by atoms with Gasteiger partial charge in [-0.15, -0.1) is 0 Å². The Balaban J connectivity index is 2.00. The largest absolute Gasteiger partial charge is 0.396 e. The molecule has 0 bridgehead atoms. The normalized spacial score (nSPS) is 15.7. The van der Waals surface area contributed by atoms with Gasteiger partial charge in [0, 0.05) is 38.8 Å². The average molecular weight is 262 g/mol. The molecule has 19 heavy (non-hydrogen) atoms. The lowest BCUT2D eigenvalue weighted by molar-refractivity contribution is -0.131. The Morgan fingerprint density at radius 3 is 2.68 bits per heavy atom. The number of anilines is 2. The zero-order valence-corrected chi connectivity index (χ0v) is 11.7. The molecule has 2 rings (SSSR count). The third-order valence-electron chi connectivity index (χ3n) is 3.58. The first-order chi connectivity index (χ1) is 9.13. The predicted octanol–water partition coefficient (Wildman–Crippen LogP) is 1.42. The molecule has 1 fully saturated rings. The fourth-order valence-corrected chi connectivity index (χ4v) is 2.35. The molecule has 1 aromatic rings. The number of piperazine rings is 1. The second-order valence-corrected chi connectivity index (χ2v) is 4.98. The Bertz CT molecular complexity index is 453.